The van der Waals surface area contributed by atoms with E-state index in [0.717, 1.165) is 4.70 Å². The molecular formula is C20H20FN3O3S. The van der Waals surface area contributed by atoms with Gasteiger partial charge in [0, 0.05) is 5.56 Å². The Kier molecular flexibility index (Phi) is 5.89. The van der Waals surface area contributed by atoms with Crippen LogP contribution in [0.25, 0.3) is 10.2 Å². The first kappa shape index (κ1) is 19.8. The first-order valence-electron chi connectivity index (χ1n) is 8.70. The quantitative estimate of drug-likeness (QED) is 0.658. The van der Waals surface area contributed by atoms with Crippen LogP contribution in [0, 0.1) is 11.7 Å². The van der Waals surface area contributed by atoms with Crippen molar-refractivity contribution < 1.29 is 18.7 Å². The van der Waals surface area contributed by atoms with Gasteiger partial charge in [-0.3, -0.25) is 9.59 Å². The van der Waals surface area contributed by atoms with Crippen LogP contribution in [0.5, 0.6) is 5.75 Å². The molecule has 0 bridgehead atoms. The Morgan fingerprint density at radius 3 is 2.50 bits per heavy atom. The van der Waals surface area contributed by atoms with E-state index in [1.54, 1.807) is 13.2 Å². The lowest BCUT2D eigenvalue weighted by Crippen LogP contribution is -2.47. The maximum absolute atomic E-state index is 13.0. The number of anilines is 1. The maximum atomic E-state index is 13.0. The Labute approximate surface area is 165 Å². The molecule has 1 heterocycles. The van der Waals surface area contributed by atoms with Gasteiger partial charge in [0.05, 0.1) is 11.8 Å². The lowest BCUT2D eigenvalue weighted by Gasteiger charge is -2.21. The Balaban J connectivity index is 1.76. The van der Waals surface area contributed by atoms with Crippen LogP contribution in [0.1, 0.15) is 24.2 Å². The fraction of sp³-hybridized carbons (Fsp3) is 0.250. The zero-order valence-corrected chi connectivity index (χ0v) is 16.5. The first-order valence-corrected chi connectivity index (χ1v) is 9.51. The summed E-state index contributed by atoms with van der Waals surface area (Å²) >= 11 is 1.32. The Morgan fingerprint density at radius 2 is 1.86 bits per heavy atom. The van der Waals surface area contributed by atoms with Crippen LogP contribution >= 0.6 is 11.3 Å². The molecule has 2 amide bonds. The number of carbonyl (C=O) groups is 2. The van der Waals surface area contributed by atoms with Crippen LogP contribution in [-0.2, 0) is 4.79 Å². The number of hydrogen-bond donors (Lipinski definition) is 2. The summed E-state index contributed by atoms with van der Waals surface area (Å²) in [6.07, 6.45) is 0. The smallest absolute Gasteiger partial charge is 0.251 e. The van der Waals surface area contributed by atoms with Crippen molar-refractivity contribution in [3.63, 3.8) is 0 Å². The summed E-state index contributed by atoms with van der Waals surface area (Å²) in [4.78, 5) is 29.6. The van der Waals surface area contributed by atoms with Gasteiger partial charge in [0.2, 0.25) is 5.91 Å². The Hall–Kier alpha value is -3.00. The highest BCUT2D eigenvalue weighted by Crippen LogP contribution is 2.32. The summed E-state index contributed by atoms with van der Waals surface area (Å²) in [5.41, 5.74) is 0.950. The molecule has 0 aliphatic heterocycles. The monoisotopic (exact) mass is 401 g/mol. The molecule has 2 N–H and O–H groups in total. The number of amides is 2. The van der Waals surface area contributed by atoms with E-state index in [0.29, 0.717) is 16.4 Å². The molecule has 3 rings (SSSR count). The zero-order chi connectivity index (χ0) is 20.3. The van der Waals surface area contributed by atoms with Gasteiger partial charge in [-0.05, 0) is 42.3 Å². The summed E-state index contributed by atoms with van der Waals surface area (Å²) in [6, 6.07) is 9.92. The number of rotatable bonds is 6. The van der Waals surface area contributed by atoms with Crippen molar-refractivity contribution in [1.82, 2.24) is 10.3 Å². The van der Waals surface area contributed by atoms with Gasteiger partial charge in [-0.15, -0.1) is 0 Å². The highest BCUT2D eigenvalue weighted by Gasteiger charge is 2.26. The zero-order valence-electron chi connectivity index (χ0n) is 15.7. The molecule has 2 aromatic carbocycles. The number of ether oxygens (including phenoxy) is 1. The number of aromatic nitrogens is 1. The normalized spacial score (nSPS) is 12.0. The van der Waals surface area contributed by atoms with E-state index in [1.807, 2.05) is 26.0 Å². The van der Waals surface area contributed by atoms with Crippen LogP contribution in [0.3, 0.4) is 0 Å². The average molecular weight is 401 g/mol. The highest BCUT2D eigenvalue weighted by atomic mass is 32.1. The molecule has 6 nitrogen and oxygen atoms in total. The van der Waals surface area contributed by atoms with E-state index >= 15 is 0 Å². The SMILES string of the molecule is COc1cccc2sc(NC(=O)[C@@H](NC(=O)c3ccc(F)cc3)C(C)C)nc12. The summed E-state index contributed by atoms with van der Waals surface area (Å²) < 4.78 is 19.2. The summed E-state index contributed by atoms with van der Waals surface area (Å²) in [5.74, 6) is -0.781. The number of fused-ring (bicyclic) bond motifs is 1. The van der Waals surface area contributed by atoms with Crippen molar-refractivity contribution in [3.8, 4) is 5.75 Å². The molecule has 1 aromatic heterocycles. The van der Waals surface area contributed by atoms with Crippen LogP contribution in [0.15, 0.2) is 42.5 Å². The number of thiazole rings is 1. The first-order chi connectivity index (χ1) is 13.4. The lowest BCUT2D eigenvalue weighted by atomic mass is 10.0. The van der Waals surface area contributed by atoms with Crippen molar-refractivity contribution >= 4 is 38.5 Å². The Morgan fingerprint density at radius 1 is 1.14 bits per heavy atom. The minimum Gasteiger partial charge on any atom is -0.494 e. The summed E-state index contributed by atoms with van der Waals surface area (Å²) in [5, 5.41) is 5.90. The topological polar surface area (TPSA) is 80.3 Å². The number of halogens is 1. The third-order valence-electron chi connectivity index (χ3n) is 4.17. The van der Waals surface area contributed by atoms with Crippen molar-refractivity contribution in [1.29, 1.82) is 0 Å². The van der Waals surface area contributed by atoms with Gasteiger partial charge >= 0.3 is 0 Å². The van der Waals surface area contributed by atoms with Crippen LogP contribution in [0.4, 0.5) is 9.52 Å². The summed E-state index contributed by atoms with van der Waals surface area (Å²) in [6.45, 7) is 3.66. The van der Waals surface area contributed by atoms with E-state index < -0.39 is 17.8 Å². The fourth-order valence-electron chi connectivity index (χ4n) is 2.69. The molecule has 1 atom stereocenters. The fourth-order valence-corrected chi connectivity index (χ4v) is 3.57. The van der Waals surface area contributed by atoms with Crippen molar-refractivity contribution in [2.75, 3.05) is 12.4 Å². The van der Waals surface area contributed by atoms with E-state index in [-0.39, 0.29) is 17.4 Å². The molecule has 0 spiro atoms. The molecule has 0 unspecified atom stereocenters. The Bertz CT molecular complexity index is 1000. The minimum atomic E-state index is -0.772. The molecule has 146 valence electrons. The van der Waals surface area contributed by atoms with Crippen molar-refractivity contribution in [3.05, 3.63) is 53.8 Å². The van der Waals surface area contributed by atoms with E-state index in [2.05, 4.69) is 15.6 Å². The third-order valence-corrected chi connectivity index (χ3v) is 5.11. The number of benzene rings is 2. The van der Waals surface area contributed by atoms with Crippen LogP contribution in [0.2, 0.25) is 0 Å². The van der Waals surface area contributed by atoms with Crippen molar-refractivity contribution in [2.45, 2.75) is 19.9 Å². The molecule has 0 radical (unpaired) electrons. The average Bonchev–Trinajstić information content (AvgIpc) is 3.08. The molecule has 8 heteroatoms. The number of para-hydroxylation sites is 1. The van der Waals surface area contributed by atoms with E-state index in [9.17, 15) is 14.0 Å². The standard InChI is InChI=1S/C20H20FN3O3S/c1-11(2)16(22-18(25)12-7-9-13(21)10-8-12)19(26)24-20-23-17-14(27-3)5-4-6-15(17)28-20/h4-11,16H,1-3H3,(H,22,25)(H,23,24,26)/t16-/m0/s1. The molecule has 0 saturated carbocycles. The largest absolute Gasteiger partial charge is 0.494 e. The predicted molar refractivity (Wildman–Crippen MR) is 107 cm³/mol. The third kappa shape index (κ3) is 4.28. The molecule has 28 heavy (non-hydrogen) atoms. The van der Waals surface area contributed by atoms with E-state index in [4.69, 9.17) is 4.74 Å². The van der Waals surface area contributed by atoms with Gasteiger partial charge < -0.3 is 15.4 Å². The van der Waals surface area contributed by atoms with Gasteiger partial charge in [-0.2, -0.15) is 0 Å². The van der Waals surface area contributed by atoms with Crippen LogP contribution in [-0.4, -0.2) is 29.9 Å². The minimum absolute atomic E-state index is 0.159. The van der Waals surface area contributed by atoms with E-state index in [1.165, 1.54) is 35.6 Å². The summed E-state index contributed by atoms with van der Waals surface area (Å²) in [7, 11) is 1.56. The molecule has 0 aliphatic carbocycles. The van der Waals surface area contributed by atoms with Gasteiger partial charge in [-0.25, -0.2) is 9.37 Å². The number of methoxy groups -OCH3 is 1. The second-order valence-corrected chi connectivity index (χ2v) is 7.55. The number of carbonyl (C=O) groups excluding carboxylic acids is 2. The van der Waals surface area contributed by atoms with Gasteiger partial charge in [-0.1, -0.05) is 31.3 Å². The van der Waals surface area contributed by atoms with Crippen LogP contribution < -0.4 is 15.4 Å². The molecule has 0 fully saturated rings. The molecule has 0 aliphatic rings. The molecule has 3 aromatic rings. The lowest BCUT2D eigenvalue weighted by molar-refractivity contribution is -0.118. The number of nitrogens with one attached hydrogen (secondary N) is 2. The van der Waals surface area contributed by atoms with Gasteiger partial charge in [0.15, 0.2) is 5.13 Å². The predicted octanol–water partition coefficient (Wildman–Crippen LogP) is 3.84. The molecule has 0 saturated heterocycles. The second-order valence-electron chi connectivity index (χ2n) is 6.52. The van der Waals surface area contributed by atoms with Crippen molar-refractivity contribution in [2.24, 2.45) is 5.92 Å². The highest BCUT2D eigenvalue weighted by molar-refractivity contribution is 7.22. The maximum Gasteiger partial charge on any atom is 0.251 e. The van der Waals surface area contributed by atoms with Gasteiger partial charge in [0.1, 0.15) is 23.1 Å². The number of nitrogens with zero attached hydrogens (tertiary/aromatic N) is 1. The van der Waals surface area contributed by atoms with Gasteiger partial charge in [0.25, 0.3) is 5.91 Å². The second kappa shape index (κ2) is 8.35. The number of hydrogen-bond acceptors (Lipinski definition) is 5. The molecular weight excluding hydrogens is 381 g/mol.